The van der Waals surface area contributed by atoms with E-state index in [0.29, 0.717) is 0 Å². The zero-order valence-corrected chi connectivity index (χ0v) is 13.6. The molecule has 0 unspecified atom stereocenters. The van der Waals surface area contributed by atoms with Gasteiger partial charge in [-0.05, 0) is 37.5 Å². The van der Waals surface area contributed by atoms with E-state index < -0.39 is 29.6 Å². The number of carbonyl (C=O) groups is 2. The third kappa shape index (κ3) is 3.15. The minimum absolute atomic E-state index is 0.0146. The van der Waals surface area contributed by atoms with E-state index in [0.717, 1.165) is 60.4 Å². The summed E-state index contributed by atoms with van der Waals surface area (Å²) in [6.07, 6.45) is -1.49. The average molecular weight is 362 g/mol. The number of anilines is 1. The Morgan fingerprint density at radius 3 is 2.42 bits per heavy atom. The maximum Gasteiger partial charge on any atom is 0.416 e. The first kappa shape index (κ1) is 17.2. The van der Waals surface area contributed by atoms with E-state index in [9.17, 15) is 22.8 Å². The summed E-state index contributed by atoms with van der Waals surface area (Å²) in [5, 5.41) is -0.0426. The number of carbonyl (C=O) groups excluding carboxylic acids is 2. The van der Waals surface area contributed by atoms with E-state index in [-0.39, 0.29) is 17.1 Å². The fraction of sp³-hybridized carbons (Fsp3) is 0.500. The third-order valence-electron chi connectivity index (χ3n) is 4.65. The van der Waals surface area contributed by atoms with Crippen LogP contribution < -0.4 is 9.80 Å². The molecule has 1 aromatic rings. The summed E-state index contributed by atoms with van der Waals surface area (Å²) < 4.78 is 38.7. The number of rotatable bonds is 2. The summed E-state index contributed by atoms with van der Waals surface area (Å²) in [5.74, 6) is -0.956. The van der Waals surface area contributed by atoms with Gasteiger partial charge in [-0.15, -0.1) is 0 Å². The first-order chi connectivity index (χ1) is 11.3. The van der Waals surface area contributed by atoms with E-state index in [4.69, 9.17) is 11.6 Å². The second-order valence-corrected chi connectivity index (χ2v) is 6.61. The van der Waals surface area contributed by atoms with Crippen molar-refractivity contribution >= 4 is 29.1 Å². The molecule has 2 heterocycles. The second kappa shape index (κ2) is 6.37. The van der Waals surface area contributed by atoms with E-state index in [1.165, 1.54) is 0 Å². The first-order valence-electron chi connectivity index (χ1n) is 7.87. The summed E-state index contributed by atoms with van der Waals surface area (Å²) in [7, 11) is 0. The van der Waals surface area contributed by atoms with Gasteiger partial charge in [-0.3, -0.25) is 9.59 Å². The number of halogens is 4. The van der Waals surface area contributed by atoms with Crippen LogP contribution in [-0.2, 0) is 15.8 Å². The lowest BCUT2D eigenvalue weighted by Crippen LogP contribution is -3.17. The van der Waals surface area contributed by atoms with E-state index in [1.54, 1.807) is 0 Å². The van der Waals surface area contributed by atoms with Crippen molar-refractivity contribution < 1.29 is 27.7 Å². The highest BCUT2D eigenvalue weighted by Gasteiger charge is 2.47. The maximum atomic E-state index is 12.9. The molecule has 2 aliphatic rings. The monoisotopic (exact) mass is 361 g/mol. The normalized spacial score (nSPS) is 23.2. The standard InChI is InChI=1S/C16H16ClF3N2O2/c17-11-5-4-10(16(18,19)20)8-12(11)22-14(23)9-13(15(22)24)21-6-2-1-3-7-21/h4-5,8,13H,1-3,6-7,9H2/p+1/t13-/m1/s1. The number of piperidine rings is 1. The van der Waals surface area contributed by atoms with Crippen LogP contribution in [0.5, 0.6) is 0 Å². The van der Waals surface area contributed by atoms with Gasteiger partial charge in [0.1, 0.15) is 0 Å². The number of imide groups is 1. The van der Waals surface area contributed by atoms with Gasteiger partial charge in [0.2, 0.25) is 5.91 Å². The van der Waals surface area contributed by atoms with Crippen LogP contribution in [0.1, 0.15) is 31.2 Å². The van der Waals surface area contributed by atoms with Crippen LogP contribution in [0.4, 0.5) is 18.9 Å². The number of benzene rings is 1. The number of hydrogen-bond acceptors (Lipinski definition) is 2. The molecule has 130 valence electrons. The van der Waals surface area contributed by atoms with Crippen molar-refractivity contribution in [2.45, 2.75) is 37.9 Å². The van der Waals surface area contributed by atoms with Gasteiger partial charge in [0.05, 0.1) is 35.8 Å². The Morgan fingerprint density at radius 1 is 1.12 bits per heavy atom. The summed E-state index contributed by atoms with van der Waals surface area (Å²) in [4.78, 5) is 26.8. The van der Waals surface area contributed by atoms with Crippen LogP contribution in [-0.4, -0.2) is 30.9 Å². The number of nitrogens with zero attached hydrogens (tertiary/aromatic N) is 1. The van der Waals surface area contributed by atoms with Crippen LogP contribution in [0.25, 0.3) is 0 Å². The molecule has 0 radical (unpaired) electrons. The highest BCUT2D eigenvalue weighted by atomic mass is 35.5. The van der Waals surface area contributed by atoms with Gasteiger partial charge in [0, 0.05) is 0 Å². The van der Waals surface area contributed by atoms with E-state index in [1.807, 2.05) is 0 Å². The topological polar surface area (TPSA) is 41.8 Å². The molecule has 0 bridgehead atoms. The molecule has 24 heavy (non-hydrogen) atoms. The molecule has 8 heteroatoms. The Kier molecular flexibility index (Phi) is 4.57. The van der Waals surface area contributed by atoms with Crippen molar-refractivity contribution in [2.75, 3.05) is 18.0 Å². The van der Waals surface area contributed by atoms with Crippen molar-refractivity contribution in [3.05, 3.63) is 28.8 Å². The smallest absolute Gasteiger partial charge is 0.324 e. The lowest BCUT2D eigenvalue weighted by Gasteiger charge is -2.27. The summed E-state index contributed by atoms with van der Waals surface area (Å²) in [5.41, 5.74) is -1.11. The Morgan fingerprint density at radius 2 is 1.79 bits per heavy atom. The predicted octanol–water partition coefficient (Wildman–Crippen LogP) is 2.06. The fourth-order valence-corrected chi connectivity index (χ4v) is 3.62. The number of likely N-dealkylation sites (tertiary alicyclic amines) is 1. The number of hydrogen-bond donors (Lipinski definition) is 1. The molecule has 1 atom stereocenters. The molecular formula is C16H17ClF3N2O2+. The molecule has 4 nitrogen and oxygen atoms in total. The SMILES string of the molecule is O=C1C[C@@H]([NH+]2CCCCC2)C(=O)N1c1cc(C(F)(F)F)ccc1Cl. The maximum absolute atomic E-state index is 12.9. The summed E-state index contributed by atoms with van der Waals surface area (Å²) >= 11 is 5.97. The Hall–Kier alpha value is -1.60. The first-order valence-corrected chi connectivity index (χ1v) is 8.25. The number of nitrogens with one attached hydrogen (secondary N) is 1. The van der Waals surface area contributed by atoms with Gasteiger partial charge in [-0.25, -0.2) is 4.90 Å². The lowest BCUT2D eigenvalue weighted by atomic mass is 10.1. The lowest BCUT2D eigenvalue weighted by molar-refractivity contribution is -0.919. The van der Waals surface area contributed by atoms with E-state index in [2.05, 4.69) is 0 Å². The molecule has 0 spiro atoms. The van der Waals surface area contributed by atoms with Crippen LogP contribution >= 0.6 is 11.6 Å². The largest absolute Gasteiger partial charge is 0.416 e. The van der Waals surface area contributed by atoms with Crippen LogP contribution in [0.2, 0.25) is 5.02 Å². The minimum Gasteiger partial charge on any atom is -0.324 e. The van der Waals surface area contributed by atoms with Gasteiger partial charge in [0.25, 0.3) is 5.91 Å². The van der Waals surface area contributed by atoms with Crippen molar-refractivity contribution in [3.8, 4) is 0 Å². The van der Waals surface area contributed by atoms with Gasteiger partial charge in [-0.2, -0.15) is 13.2 Å². The second-order valence-electron chi connectivity index (χ2n) is 6.21. The number of alkyl halides is 3. The zero-order chi connectivity index (χ0) is 17.5. The highest BCUT2D eigenvalue weighted by molar-refractivity contribution is 6.36. The molecule has 1 N–H and O–H groups in total. The highest BCUT2D eigenvalue weighted by Crippen LogP contribution is 2.36. The minimum atomic E-state index is -4.57. The molecular weight excluding hydrogens is 345 g/mol. The Balaban J connectivity index is 1.91. The van der Waals surface area contributed by atoms with Crippen molar-refractivity contribution in [1.29, 1.82) is 0 Å². The summed E-state index contributed by atoms with van der Waals surface area (Å²) in [6.45, 7) is 1.60. The fourth-order valence-electron chi connectivity index (χ4n) is 3.42. The van der Waals surface area contributed by atoms with Crippen molar-refractivity contribution in [1.82, 2.24) is 0 Å². The Labute approximate surface area is 142 Å². The van der Waals surface area contributed by atoms with Gasteiger partial charge < -0.3 is 4.90 Å². The number of amides is 2. The molecule has 3 rings (SSSR count). The summed E-state index contributed by atoms with van der Waals surface area (Å²) in [6, 6.07) is 2.15. The molecule has 2 aliphatic heterocycles. The number of quaternary nitrogens is 1. The van der Waals surface area contributed by atoms with Gasteiger partial charge in [0.15, 0.2) is 6.04 Å². The third-order valence-corrected chi connectivity index (χ3v) is 4.97. The van der Waals surface area contributed by atoms with Crippen LogP contribution in [0.15, 0.2) is 18.2 Å². The van der Waals surface area contributed by atoms with Crippen LogP contribution in [0, 0.1) is 0 Å². The molecule has 0 aromatic heterocycles. The molecule has 0 aliphatic carbocycles. The van der Waals surface area contributed by atoms with Crippen molar-refractivity contribution in [3.63, 3.8) is 0 Å². The van der Waals surface area contributed by atoms with Crippen LogP contribution in [0.3, 0.4) is 0 Å². The quantitative estimate of drug-likeness (QED) is 0.819. The predicted molar refractivity (Wildman–Crippen MR) is 81.9 cm³/mol. The van der Waals surface area contributed by atoms with E-state index >= 15 is 0 Å². The Bertz CT molecular complexity index is 672. The van der Waals surface area contributed by atoms with Crippen molar-refractivity contribution in [2.24, 2.45) is 0 Å². The average Bonchev–Trinajstić information content (AvgIpc) is 2.83. The van der Waals surface area contributed by atoms with Gasteiger partial charge >= 0.3 is 6.18 Å². The molecule has 1 aromatic carbocycles. The molecule has 0 saturated carbocycles. The molecule has 2 amide bonds. The molecule has 2 fully saturated rings. The molecule has 2 saturated heterocycles. The zero-order valence-electron chi connectivity index (χ0n) is 12.8. The van der Waals surface area contributed by atoms with Gasteiger partial charge in [-0.1, -0.05) is 11.6 Å².